The molecule has 1 aromatic rings. The molecule has 0 aromatic heterocycles. The zero-order valence-corrected chi connectivity index (χ0v) is 14.3. The molecule has 1 heterocycles. The quantitative estimate of drug-likeness (QED) is 0.556. The molecule has 2 bridgehead atoms. The van der Waals surface area contributed by atoms with E-state index in [1.165, 1.54) is 17.6 Å². The fourth-order valence-corrected chi connectivity index (χ4v) is 4.04. The van der Waals surface area contributed by atoms with Crippen molar-refractivity contribution in [2.24, 2.45) is 11.8 Å². The first-order valence-electron chi connectivity index (χ1n) is 7.21. The van der Waals surface area contributed by atoms with Crippen LogP contribution in [0.3, 0.4) is 0 Å². The Morgan fingerprint density at radius 1 is 1.35 bits per heavy atom. The van der Waals surface area contributed by atoms with Crippen LogP contribution >= 0.6 is 22.6 Å². The molecular formula is C17H21IO2. The highest BCUT2D eigenvalue weighted by Crippen LogP contribution is 2.51. The molecule has 2 nitrogen and oxygen atoms in total. The van der Waals surface area contributed by atoms with Gasteiger partial charge in [0.1, 0.15) is 5.75 Å². The van der Waals surface area contributed by atoms with Gasteiger partial charge < -0.3 is 9.84 Å². The van der Waals surface area contributed by atoms with E-state index in [1.54, 1.807) is 6.07 Å². The maximum absolute atomic E-state index is 9.71. The van der Waals surface area contributed by atoms with E-state index in [9.17, 15) is 5.11 Å². The lowest BCUT2D eigenvalue weighted by molar-refractivity contribution is -0.166. The minimum absolute atomic E-state index is 0.0817. The Labute approximate surface area is 134 Å². The molecule has 3 atom stereocenters. The number of allylic oxidation sites excluding steroid dienone is 1. The van der Waals surface area contributed by atoms with Crippen molar-refractivity contribution in [3.8, 4) is 5.75 Å². The number of benzene rings is 1. The van der Waals surface area contributed by atoms with E-state index in [2.05, 4.69) is 55.5 Å². The highest BCUT2D eigenvalue weighted by Gasteiger charge is 2.45. The monoisotopic (exact) mass is 384 g/mol. The molecule has 3 heteroatoms. The number of ether oxygens (including phenoxy) is 1. The van der Waals surface area contributed by atoms with Crippen molar-refractivity contribution >= 4 is 22.6 Å². The van der Waals surface area contributed by atoms with Crippen LogP contribution in [0.15, 0.2) is 29.8 Å². The van der Waals surface area contributed by atoms with Gasteiger partial charge >= 0.3 is 0 Å². The van der Waals surface area contributed by atoms with Crippen molar-refractivity contribution in [2.45, 2.75) is 45.3 Å². The third-order valence-electron chi connectivity index (χ3n) is 4.93. The summed E-state index contributed by atoms with van der Waals surface area (Å²) in [5.74, 6) is 1.43. The van der Waals surface area contributed by atoms with Crippen LogP contribution in [0.2, 0.25) is 0 Å². The number of phenols is 1. The third-order valence-corrected chi connectivity index (χ3v) is 5.79. The summed E-state index contributed by atoms with van der Waals surface area (Å²) in [5.41, 5.74) is 2.55. The highest BCUT2D eigenvalue weighted by atomic mass is 127. The SMILES string of the molecule is CC1=CCC2CC1C(c1ccc(O)c(I)c1)OC2(C)C. The van der Waals surface area contributed by atoms with Gasteiger partial charge in [-0.1, -0.05) is 17.7 Å². The van der Waals surface area contributed by atoms with Gasteiger partial charge in [0.25, 0.3) is 0 Å². The Kier molecular flexibility index (Phi) is 3.61. The molecule has 0 amide bonds. The minimum Gasteiger partial charge on any atom is -0.507 e. The second kappa shape index (κ2) is 5.02. The third kappa shape index (κ3) is 2.39. The number of phenolic OH excluding ortho intramolecular Hbond substituents is 1. The average Bonchev–Trinajstić information content (AvgIpc) is 2.39. The molecule has 1 aliphatic heterocycles. The predicted octanol–water partition coefficient (Wildman–Crippen LogP) is 4.82. The van der Waals surface area contributed by atoms with Crippen LogP contribution in [0, 0.1) is 15.4 Å². The van der Waals surface area contributed by atoms with E-state index in [1.807, 2.05) is 6.07 Å². The normalized spacial score (nSPS) is 31.8. The molecule has 3 unspecified atom stereocenters. The average molecular weight is 384 g/mol. The Bertz CT molecular complexity index is 562. The Morgan fingerprint density at radius 2 is 2.10 bits per heavy atom. The highest BCUT2D eigenvalue weighted by molar-refractivity contribution is 14.1. The van der Waals surface area contributed by atoms with E-state index in [-0.39, 0.29) is 11.7 Å². The van der Waals surface area contributed by atoms with Crippen molar-refractivity contribution in [1.82, 2.24) is 0 Å². The van der Waals surface area contributed by atoms with Gasteiger partial charge in [-0.3, -0.25) is 0 Å². The van der Waals surface area contributed by atoms with Gasteiger partial charge in [0.15, 0.2) is 0 Å². The van der Waals surface area contributed by atoms with Crippen LogP contribution in [0.4, 0.5) is 0 Å². The van der Waals surface area contributed by atoms with Crippen LogP contribution in [0.25, 0.3) is 0 Å². The van der Waals surface area contributed by atoms with Gasteiger partial charge in [0.05, 0.1) is 15.3 Å². The number of hydrogen-bond donors (Lipinski definition) is 1. The van der Waals surface area contributed by atoms with E-state index in [0.717, 1.165) is 9.99 Å². The van der Waals surface area contributed by atoms with Crippen molar-refractivity contribution in [3.05, 3.63) is 39.0 Å². The molecule has 1 aromatic carbocycles. The smallest absolute Gasteiger partial charge is 0.128 e. The van der Waals surface area contributed by atoms with Gasteiger partial charge in [0, 0.05) is 5.92 Å². The lowest BCUT2D eigenvalue weighted by Crippen LogP contribution is -2.45. The molecule has 0 radical (unpaired) electrons. The first-order valence-corrected chi connectivity index (χ1v) is 8.29. The zero-order chi connectivity index (χ0) is 14.5. The molecular weight excluding hydrogens is 363 g/mol. The second-order valence-corrected chi connectivity index (χ2v) is 7.74. The Hall–Kier alpha value is -0.550. The van der Waals surface area contributed by atoms with Crippen molar-refractivity contribution in [1.29, 1.82) is 0 Å². The Morgan fingerprint density at radius 3 is 2.80 bits per heavy atom. The largest absolute Gasteiger partial charge is 0.507 e. The summed E-state index contributed by atoms with van der Waals surface area (Å²) in [4.78, 5) is 0. The molecule has 1 aliphatic carbocycles. The van der Waals surface area contributed by atoms with Crippen molar-refractivity contribution in [3.63, 3.8) is 0 Å². The number of fused-ring (bicyclic) bond motifs is 2. The number of rotatable bonds is 1. The first kappa shape index (κ1) is 14.4. The number of halogens is 1. The molecule has 1 saturated heterocycles. The van der Waals surface area contributed by atoms with Crippen LogP contribution in [0.5, 0.6) is 5.75 Å². The summed E-state index contributed by atoms with van der Waals surface area (Å²) >= 11 is 2.18. The van der Waals surface area contributed by atoms with E-state index in [0.29, 0.717) is 17.6 Å². The van der Waals surface area contributed by atoms with Crippen LogP contribution in [-0.2, 0) is 4.74 Å². The fraction of sp³-hybridized carbons (Fsp3) is 0.529. The Balaban J connectivity index is 2.00. The molecule has 1 fully saturated rings. The molecule has 0 saturated carbocycles. The number of hydrogen-bond acceptors (Lipinski definition) is 2. The van der Waals surface area contributed by atoms with E-state index in [4.69, 9.17) is 4.74 Å². The molecule has 3 rings (SSSR count). The minimum atomic E-state index is -0.0817. The first-order chi connectivity index (χ1) is 9.38. The van der Waals surface area contributed by atoms with Crippen LogP contribution in [-0.4, -0.2) is 10.7 Å². The van der Waals surface area contributed by atoms with Crippen LogP contribution in [0.1, 0.15) is 45.3 Å². The maximum atomic E-state index is 9.71. The van der Waals surface area contributed by atoms with Gasteiger partial charge in [0.2, 0.25) is 0 Å². The summed E-state index contributed by atoms with van der Waals surface area (Å²) in [6.07, 6.45) is 4.83. The van der Waals surface area contributed by atoms with Crippen LogP contribution < -0.4 is 0 Å². The fourth-order valence-electron chi connectivity index (χ4n) is 3.50. The van der Waals surface area contributed by atoms with E-state index < -0.39 is 0 Å². The molecule has 108 valence electrons. The van der Waals surface area contributed by atoms with Crippen molar-refractivity contribution < 1.29 is 9.84 Å². The summed E-state index contributed by atoms with van der Waals surface area (Å²) in [7, 11) is 0. The molecule has 1 N–H and O–H groups in total. The maximum Gasteiger partial charge on any atom is 0.128 e. The zero-order valence-electron chi connectivity index (χ0n) is 12.2. The summed E-state index contributed by atoms with van der Waals surface area (Å²) in [6, 6.07) is 5.83. The molecule has 20 heavy (non-hydrogen) atoms. The lowest BCUT2D eigenvalue weighted by Gasteiger charge is -2.49. The van der Waals surface area contributed by atoms with Crippen molar-refractivity contribution in [2.75, 3.05) is 0 Å². The number of aromatic hydroxyl groups is 1. The summed E-state index contributed by atoms with van der Waals surface area (Å²) < 4.78 is 7.36. The predicted molar refractivity (Wildman–Crippen MR) is 88.7 cm³/mol. The van der Waals surface area contributed by atoms with Gasteiger partial charge in [-0.15, -0.1) is 0 Å². The summed E-state index contributed by atoms with van der Waals surface area (Å²) in [5, 5.41) is 9.71. The standard InChI is InChI=1S/C17H21IO2/c1-10-4-6-12-9-13(10)16(20-17(12,2)3)11-5-7-15(19)14(18)8-11/h4-5,7-8,12-13,16,19H,6,9H2,1-3H3. The van der Waals surface area contributed by atoms with E-state index >= 15 is 0 Å². The van der Waals surface area contributed by atoms with Gasteiger partial charge in [-0.05, 0) is 79.8 Å². The second-order valence-electron chi connectivity index (χ2n) is 6.58. The molecule has 2 aliphatic rings. The topological polar surface area (TPSA) is 29.5 Å². The lowest BCUT2D eigenvalue weighted by atomic mass is 9.69. The van der Waals surface area contributed by atoms with Gasteiger partial charge in [-0.25, -0.2) is 0 Å². The van der Waals surface area contributed by atoms with Gasteiger partial charge in [-0.2, -0.15) is 0 Å². The summed E-state index contributed by atoms with van der Waals surface area (Å²) in [6.45, 7) is 6.64. The molecule has 0 spiro atoms.